The summed E-state index contributed by atoms with van der Waals surface area (Å²) in [6.07, 6.45) is -5.12. The summed E-state index contributed by atoms with van der Waals surface area (Å²) in [5.41, 5.74) is -2.22. The maximum Gasteiger partial charge on any atom is 0.433 e. The van der Waals surface area contributed by atoms with Gasteiger partial charge in [-0.3, -0.25) is 0 Å². The van der Waals surface area contributed by atoms with E-state index in [0.29, 0.717) is 0 Å². The first-order valence-electron chi connectivity index (χ1n) is 1.95. The van der Waals surface area contributed by atoms with Crippen LogP contribution < -0.4 is 0 Å². The summed E-state index contributed by atoms with van der Waals surface area (Å²) in [4.78, 5) is 18.9. The lowest BCUT2D eigenvalue weighted by Gasteiger charge is -2.00. The Hall–Kier alpha value is -1.29. The third-order valence-corrected chi connectivity index (χ3v) is 0.599. The molecule has 0 bridgehead atoms. The summed E-state index contributed by atoms with van der Waals surface area (Å²) in [7, 11) is 0. The van der Waals surface area contributed by atoms with E-state index in [-0.39, 0.29) is 5.94 Å². The van der Waals surface area contributed by atoms with Crippen molar-refractivity contribution < 1.29 is 27.9 Å². The summed E-state index contributed by atoms with van der Waals surface area (Å²) >= 11 is 0. The van der Waals surface area contributed by atoms with Gasteiger partial charge in [0, 0.05) is 0 Å². The van der Waals surface area contributed by atoms with Crippen LogP contribution >= 0.6 is 0 Å². The Morgan fingerprint density at radius 1 is 1.40 bits per heavy atom. The fraction of sp³-hybridized carbons (Fsp3) is 0.250. The van der Waals surface area contributed by atoms with Gasteiger partial charge in [-0.05, 0) is 0 Å². The van der Waals surface area contributed by atoms with Crippen molar-refractivity contribution in [2.24, 2.45) is 0 Å². The first kappa shape index (κ1) is 8.71. The van der Waals surface area contributed by atoms with Crippen LogP contribution in [0.15, 0.2) is 5.57 Å². The summed E-state index contributed by atoms with van der Waals surface area (Å²) < 4.78 is 33.9. The maximum atomic E-state index is 11.3. The van der Waals surface area contributed by atoms with E-state index in [0.717, 1.165) is 0 Å². The van der Waals surface area contributed by atoms with Crippen molar-refractivity contribution in [1.82, 2.24) is 0 Å². The topological polar surface area (TPSA) is 54.4 Å². The number of aliphatic carboxylic acids is 1. The maximum absolute atomic E-state index is 11.3. The molecule has 0 spiro atoms. The first-order valence-corrected chi connectivity index (χ1v) is 1.95. The second-order valence-corrected chi connectivity index (χ2v) is 1.28. The van der Waals surface area contributed by atoms with Gasteiger partial charge in [0.25, 0.3) is 0 Å². The van der Waals surface area contributed by atoms with Crippen LogP contribution in [0.25, 0.3) is 0 Å². The van der Waals surface area contributed by atoms with Gasteiger partial charge in [0.15, 0.2) is 0 Å². The Labute approximate surface area is 52.8 Å². The van der Waals surface area contributed by atoms with Crippen LogP contribution in [0.4, 0.5) is 13.2 Å². The molecule has 0 aromatic heterocycles. The zero-order chi connectivity index (χ0) is 8.36. The van der Waals surface area contributed by atoms with Crippen molar-refractivity contribution in [2.45, 2.75) is 6.18 Å². The molecule has 0 aliphatic carbocycles. The minimum atomic E-state index is -5.12. The molecular weight excluding hydrogens is 153 g/mol. The molecule has 0 atom stereocenters. The molecule has 1 N–H and O–H groups in total. The molecule has 0 unspecified atom stereocenters. The standard InChI is InChI=1S/C4HF3O3/c5-4(6,7)2(1-8)3(9)10/h(H,9,10). The molecule has 0 saturated carbocycles. The number of alkyl halides is 3. The first-order chi connectivity index (χ1) is 4.39. The highest BCUT2D eigenvalue weighted by Gasteiger charge is 2.40. The predicted molar refractivity (Wildman–Crippen MR) is 22.9 cm³/mol. The van der Waals surface area contributed by atoms with E-state index < -0.39 is 17.7 Å². The van der Waals surface area contributed by atoms with E-state index in [1.54, 1.807) is 0 Å². The largest absolute Gasteiger partial charge is 0.477 e. The predicted octanol–water partition coefficient (Wildman–Crippen LogP) is 0.391. The molecule has 0 aliphatic rings. The number of carboxylic acid groups (broad SMARTS) is 1. The normalized spacial score (nSPS) is 10.3. The van der Waals surface area contributed by atoms with Gasteiger partial charge in [0.05, 0.1) is 0 Å². The van der Waals surface area contributed by atoms with Gasteiger partial charge >= 0.3 is 12.1 Å². The molecule has 0 fully saturated rings. The lowest BCUT2D eigenvalue weighted by Crippen LogP contribution is -2.20. The lowest BCUT2D eigenvalue weighted by molar-refractivity contribution is -0.144. The third-order valence-electron chi connectivity index (χ3n) is 0.599. The Kier molecular flexibility index (Phi) is 2.20. The fourth-order valence-electron chi connectivity index (χ4n) is 0.223. The highest BCUT2D eigenvalue weighted by molar-refractivity contribution is 5.96. The second-order valence-electron chi connectivity index (χ2n) is 1.28. The van der Waals surface area contributed by atoms with Gasteiger partial charge in [0.2, 0.25) is 5.57 Å². The summed E-state index contributed by atoms with van der Waals surface area (Å²) in [6.45, 7) is 0. The van der Waals surface area contributed by atoms with Crippen LogP contribution in [0.2, 0.25) is 0 Å². The molecule has 10 heavy (non-hydrogen) atoms. The highest BCUT2D eigenvalue weighted by atomic mass is 19.4. The Morgan fingerprint density at radius 3 is 1.80 bits per heavy atom. The average Bonchev–Trinajstić information content (AvgIpc) is 1.60. The molecular formula is C4HF3O3. The number of carboxylic acids is 1. The van der Waals surface area contributed by atoms with E-state index in [4.69, 9.17) is 5.11 Å². The van der Waals surface area contributed by atoms with Gasteiger partial charge in [-0.2, -0.15) is 13.2 Å². The number of carbonyl (C=O) groups is 1. The van der Waals surface area contributed by atoms with Crippen molar-refractivity contribution >= 4 is 11.9 Å². The molecule has 0 aliphatic heterocycles. The zero-order valence-corrected chi connectivity index (χ0v) is 4.40. The molecule has 6 heteroatoms. The van der Waals surface area contributed by atoms with E-state index in [1.807, 2.05) is 0 Å². The lowest BCUT2D eigenvalue weighted by atomic mass is 10.3. The summed E-state index contributed by atoms with van der Waals surface area (Å²) in [5, 5.41) is 7.69. The molecule has 0 radical (unpaired) electrons. The van der Waals surface area contributed by atoms with Crippen LogP contribution in [-0.2, 0) is 9.59 Å². The number of hydrogen-bond donors (Lipinski definition) is 1. The summed E-state index contributed by atoms with van der Waals surface area (Å²) in [6, 6.07) is 0. The van der Waals surface area contributed by atoms with E-state index >= 15 is 0 Å². The van der Waals surface area contributed by atoms with Crippen molar-refractivity contribution in [2.75, 3.05) is 0 Å². The van der Waals surface area contributed by atoms with Gasteiger partial charge in [-0.1, -0.05) is 0 Å². The Morgan fingerprint density at radius 2 is 1.80 bits per heavy atom. The van der Waals surface area contributed by atoms with E-state index in [1.165, 1.54) is 0 Å². The van der Waals surface area contributed by atoms with Crippen molar-refractivity contribution in [3.63, 3.8) is 0 Å². The van der Waals surface area contributed by atoms with Gasteiger partial charge in [-0.15, -0.1) is 0 Å². The Bertz CT molecular complexity index is 198. The number of hydrogen-bond acceptors (Lipinski definition) is 2. The minimum absolute atomic E-state index is 0.284. The van der Waals surface area contributed by atoms with Crippen molar-refractivity contribution in [3.05, 3.63) is 5.57 Å². The number of carbonyl (C=O) groups excluding carboxylic acids is 1. The minimum Gasteiger partial charge on any atom is -0.477 e. The van der Waals surface area contributed by atoms with Crippen LogP contribution in [0.1, 0.15) is 0 Å². The van der Waals surface area contributed by atoms with Gasteiger partial charge < -0.3 is 5.11 Å². The van der Waals surface area contributed by atoms with Gasteiger partial charge in [-0.25, -0.2) is 9.59 Å². The molecule has 0 aromatic rings. The smallest absolute Gasteiger partial charge is 0.433 e. The molecule has 56 valence electrons. The molecule has 0 heterocycles. The van der Waals surface area contributed by atoms with Crippen molar-refractivity contribution in [1.29, 1.82) is 0 Å². The van der Waals surface area contributed by atoms with Crippen LogP contribution in [0, 0.1) is 0 Å². The Balaban J connectivity index is 4.74. The molecule has 3 nitrogen and oxygen atoms in total. The number of halogens is 3. The van der Waals surface area contributed by atoms with Crippen LogP contribution in [0.3, 0.4) is 0 Å². The van der Waals surface area contributed by atoms with Crippen molar-refractivity contribution in [3.8, 4) is 0 Å². The average molecular weight is 154 g/mol. The highest BCUT2D eigenvalue weighted by Crippen LogP contribution is 2.22. The van der Waals surface area contributed by atoms with Crippen LogP contribution in [0.5, 0.6) is 0 Å². The second kappa shape index (κ2) is 2.53. The molecule has 0 saturated heterocycles. The molecule has 0 rings (SSSR count). The zero-order valence-electron chi connectivity index (χ0n) is 4.40. The molecule has 0 amide bonds. The quantitative estimate of drug-likeness (QED) is 0.439. The van der Waals surface area contributed by atoms with Crippen LogP contribution in [-0.4, -0.2) is 23.2 Å². The monoisotopic (exact) mass is 154 g/mol. The SMILES string of the molecule is O=C=C(C(=O)O)C(F)(F)F. The molecule has 0 aromatic carbocycles. The van der Waals surface area contributed by atoms with E-state index in [9.17, 15) is 22.8 Å². The summed E-state index contributed by atoms with van der Waals surface area (Å²) in [5.74, 6) is -2.03. The van der Waals surface area contributed by atoms with E-state index in [2.05, 4.69) is 0 Å². The fourth-order valence-corrected chi connectivity index (χ4v) is 0.223. The van der Waals surface area contributed by atoms with Gasteiger partial charge in [0.1, 0.15) is 5.94 Å². The number of rotatable bonds is 1. The third kappa shape index (κ3) is 1.91.